The molecule has 3 heterocycles. The summed E-state index contributed by atoms with van der Waals surface area (Å²) in [6, 6.07) is 13.1. The Balaban J connectivity index is 1.58. The normalized spacial score (nSPS) is 13.4. The molecule has 3 aromatic heterocycles. The van der Waals surface area contributed by atoms with Crippen molar-refractivity contribution in [3.05, 3.63) is 68.4 Å². The number of carbonyl (C=O) groups excluding carboxylic acids is 2. The number of esters is 1. The lowest BCUT2D eigenvalue weighted by Gasteiger charge is -2.11. The number of nitrogens with one attached hydrogen (secondary N) is 1. The molecule has 0 atom stereocenters. The summed E-state index contributed by atoms with van der Waals surface area (Å²) in [5, 5.41) is 4.33. The summed E-state index contributed by atoms with van der Waals surface area (Å²) in [5.74, 6) is -0.683. The highest BCUT2D eigenvalue weighted by atomic mass is 35.5. The first-order valence-electron chi connectivity index (χ1n) is 10.7. The number of nitrogens with zero attached hydrogens (tertiary/aromatic N) is 1. The number of aromatic nitrogens is 1. The van der Waals surface area contributed by atoms with E-state index in [0.717, 1.165) is 58.3 Å². The van der Waals surface area contributed by atoms with Crippen molar-refractivity contribution in [2.75, 3.05) is 12.4 Å². The fraction of sp³-hybridized carbons (Fsp3) is 0.240. The van der Waals surface area contributed by atoms with Gasteiger partial charge in [0.2, 0.25) is 0 Å². The minimum absolute atomic E-state index is 0.279. The van der Waals surface area contributed by atoms with Gasteiger partial charge in [0.15, 0.2) is 0 Å². The second-order valence-corrected chi connectivity index (χ2v) is 10.7. The Morgan fingerprint density at radius 1 is 1.06 bits per heavy atom. The number of pyridine rings is 1. The van der Waals surface area contributed by atoms with E-state index in [4.69, 9.17) is 21.3 Å². The Morgan fingerprint density at radius 2 is 1.88 bits per heavy atom. The molecule has 1 aliphatic carbocycles. The molecule has 33 heavy (non-hydrogen) atoms. The number of methoxy groups -OCH3 is 1. The number of hydrogen-bond donors (Lipinski definition) is 1. The minimum Gasteiger partial charge on any atom is -0.465 e. The largest absolute Gasteiger partial charge is 0.465 e. The van der Waals surface area contributed by atoms with Crippen molar-refractivity contribution >= 4 is 62.1 Å². The van der Waals surface area contributed by atoms with Gasteiger partial charge in [0.25, 0.3) is 5.91 Å². The third-order valence-corrected chi connectivity index (χ3v) is 8.29. The lowest BCUT2D eigenvalue weighted by molar-refractivity contribution is 0.0601. The van der Waals surface area contributed by atoms with E-state index in [1.165, 1.54) is 29.8 Å². The van der Waals surface area contributed by atoms with Crippen LogP contribution >= 0.6 is 34.3 Å². The van der Waals surface area contributed by atoms with Gasteiger partial charge in [-0.3, -0.25) is 4.79 Å². The molecule has 1 aliphatic rings. The molecule has 0 aliphatic heterocycles. The standard InChI is InChI=1S/C25H21ClN2O3S2/c1-31-25(30)22-15-8-3-2-4-10-19(15)33-24(22)28-23(29)16-13-18(20-11-12-21(26)32-20)27-17-9-6-5-7-14(16)17/h5-7,9,11-13H,2-4,8,10H2,1H3,(H,28,29). The van der Waals surface area contributed by atoms with Crippen LogP contribution in [0, 0.1) is 0 Å². The van der Waals surface area contributed by atoms with Crippen LogP contribution in [0.1, 0.15) is 50.4 Å². The second kappa shape index (κ2) is 9.25. The van der Waals surface area contributed by atoms with Gasteiger partial charge in [-0.05, 0) is 55.5 Å². The fourth-order valence-corrected chi connectivity index (χ4v) is 6.54. The van der Waals surface area contributed by atoms with Crippen LogP contribution in [0.3, 0.4) is 0 Å². The van der Waals surface area contributed by atoms with Crippen LogP contribution in [0.15, 0.2) is 42.5 Å². The molecular weight excluding hydrogens is 476 g/mol. The third kappa shape index (κ3) is 4.28. The van der Waals surface area contributed by atoms with E-state index >= 15 is 0 Å². The summed E-state index contributed by atoms with van der Waals surface area (Å²) >= 11 is 9.03. The molecule has 5 rings (SSSR count). The SMILES string of the molecule is COC(=O)c1c(NC(=O)c2cc(-c3ccc(Cl)s3)nc3ccccc23)sc2c1CCCCC2. The Labute approximate surface area is 204 Å². The van der Waals surface area contributed by atoms with E-state index in [0.29, 0.717) is 26.2 Å². The monoisotopic (exact) mass is 496 g/mol. The van der Waals surface area contributed by atoms with Crippen molar-refractivity contribution in [3.8, 4) is 10.6 Å². The maximum absolute atomic E-state index is 13.6. The molecule has 168 valence electrons. The van der Waals surface area contributed by atoms with E-state index in [-0.39, 0.29) is 5.91 Å². The number of aryl methyl sites for hydroxylation is 1. The van der Waals surface area contributed by atoms with Crippen molar-refractivity contribution in [1.29, 1.82) is 0 Å². The minimum atomic E-state index is -0.404. The predicted octanol–water partition coefficient (Wildman–Crippen LogP) is 6.99. The average Bonchev–Trinajstić information content (AvgIpc) is 3.33. The number of benzene rings is 1. The van der Waals surface area contributed by atoms with Crippen LogP contribution in [-0.2, 0) is 17.6 Å². The van der Waals surface area contributed by atoms with Crippen molar-refractivity contribution < 1.29 is 14.3 Å². The Bertz CT molecular complexity index is 1380. The highest BCUT2D eigenvalue weighted by Crippen LogP contribution is 2.39. The van der Waals surface area contributed by atoms with Gasteiger partial charge in [-0.15, -0.1) is 22.7 Å². The van der Waals surface area contributed by atoms with Crippen LogP contribution in [-0.4, -0.2) is 24.0 Å². The average molecular weight is 497 g/mol. The lowest BCUT2D eigenvalue weighted by atomic mass is 10.0. The number of ether oxygens (including phenoxy) is 1. The molecule has 1 aromatic carbocycles. The highest BCUT2D eigenvalue weighted by Gasteiger charge is 2.27. The molecule has 4 aromatic rings. The number of carbonyl (C=O) groups is 2. The topological polar surface area (TPSA) is 68.3 Å². The third-order valence-electron chi connectivity index (χ3n) is 5.82. The molecule has 0 saturated heterocycles. The first kappa shape index (κ1) is 22.1. The molecule has 0 unspecified atom stereocenters. The van der Waals surface area contributed by atoms with Crippen molar-refractivity contribution in [2.24, 2.45) is 0 Å². The number of amides is 1. The molecule has 5 nitrogen and oxygen atoms in total. The van der Waals surface area contributed by atoms with Crippen molar-refractivity contribution in [3.63, 3.8) is 0 Å². The Morgan fingerprint density at radius 3 is 2.67 bits per heavy atom. The van der Waals surface area contributed by atoms with E-state index in [1.54, 1.807) is 6.07 Å². The maximum atomic E-state index is 13.6. The second-order valence-electron chi connectivity index (χ2n) is 7.89. The molecule has 1 amide bonds. The molecular formula is C25H21ClN2O3S2. The maximum Gasteiger partial charge on any atom is 0.341 e. The van der Waals surface area contributed by atoms with Crippen LogP contribution in [0.25, 0.3) is 21.5 Å². The van der Waals surface area contributed by atoms with Crippen LogP contribution < -0.4 is 5.32 Å². The molecule has 8 heteroatoms. The first-order valence-corrected chi connectivity index (χ1v) is 12.8. The Hall–Kier alpha value is -2.74. The molecule has 0 radical (unpaired) electrons. The molecule has 0 bridgehead atoms. The number of thiophene rings is 2. The van der Waals surface area contributed by atoms with Gasteiger partial charge in [-0.2, -0.15) is 0 Å². The van der Waals surface area contributed by atoms with Crippen LogP contribution in [0.5, 0.6) is 0 Å². The lowest BCUT2D eigenvalue weighted by Crippen LogP contribution is -2.15. The van der Waals surface area contributed by atoms with Gasteiger partial charge in [0.1, 0.15) is 5.00 Å². The van der Waals surface area contributed by atoms with Gasteiger partial charge in [-0.1, -0.05) is 36.2 Å². The summed E-state index contributed by atoms with van der Waals surface area (Å²) in [6.07, 6.45) is 5.00. The number of para-hydroxylation sites is 1. The number of hydrogen-bond acceptors (Lipinski definition) is 6. The molecule has 0 fully saturated rings. The summed E-state index contributed by atoms with van der Waals surface area (Å²) in [6.45, 7) is 0. The number of rotatable bonds is 4. The molecule has 1 N–H and O–H groups in total. The summed E-state index contributed by atoms with van der Waals surface area (Å²) < 4.78 is 5.74. The predicted molar refractivity (Wildman–Crippen MR) is 135 cm³/mol. The zero-order chi connectivity index (χ0) is 22.9. The van der Waals surface area contributed by atoms with E-state index in [2.05, 4.69) is 5.32 Å². The van der Waals surface area contributed by atoms with Gasteiger partial charge in [0, 0.05) is 10.3 Å². The summed E-state index contributed by atoms with van der Waals surface area (Å²) in [5.41, 5.74) is 3.43. The van der Waals surface area contributed by atoms with E-state index in [1.807, 2.05) is 36.4 Å². The van der Waals surface area contributed by atoms with E-state index in [9.17, 15) is 9.59 Å². The Kier molecular flexibility index (Phi) is 6.19. The smallest absolute Gasteiger partial charge is 0.341 e. The molecule has 0 spiro atoms. The number of anilines is 1. The van der Waals surface area contributed by atoms with Gasteiger partial charge in [0.05, 0.1) is 38.7 Å². The molecule has 0 saturated carbocycles. The number of halogens is 1. The van der Waals surface area contributed by atoms with Gasteiger partial charge >= 0.3 is 5.97 Å². The zero-order valence-corrected chi connectivity index (χ0v) is 20.3. The van der Waals surface area contributed by atoms with Crippen molar-refractivity contribution in [2.45, 2.75) is 32.1 Å². The van der Waals surface area contributed by atoms with Gasteiger partial charge < -0.3 is 10.1 Å². The summed E-state index contributed by atoms with van der Waals surface area (Å²) in [4.78, 5) is 33.0. The quantitative estimate of drug-likeness (QED) is 0.244. The van der Waals surface area contributed by atoms with Crippen LogP contribution in [0.4, 0.5) is 5.00 Å². The summed E-state index contributed by atoms with van der Waals surface area (Å²) in [7, 11) is 1.38. The first-order chi connectivity index (χ1) is 16.0. The zero-order valence-electron chi connectivity index (χ0n) is 17.9. The van der Waals surface area contributed by atoms with Gasteiger partial charge in [-0.25, -0.2) is 9.78 Å². The fourth-order valence-electron chi connectivity index (χ4n) is 4.26. The highest BCUT2D eigenvalue weighted by molar-refractivity contribution is 7.19. The number of fused-ring (bicyclic) bond motifs is 2. The van der Waals surface area contributed by atoms with Crippen molar-refractivity contribution in [1.82, 2.24) is 4.98 Å². The van der Waals surface area contributed by atoms with Crippen LogP contribution in [0.2, 0.25) is 4.34 Å². The van der Waals surface area contributed by atoms with E-state index < -0.39 is 5.97 Å².